The maximum Gasteiger partial charge on any atom is 0.303 e. The molecule has 1 amide bonds. The van der Waals surface area contributed by atoms with Crippen LogP contribution >= 0.6 is 0 Å². The molecule has 4 fully saturated rings. The first kappa shape index (κ1) is 28.8. The highest BCUT2D eigenvalue weighted by molar-refractivity contribution is 6.00. The van der Waals surface area contributed by atoms with Crippen molar-refractivity contribution >= 4 is 28.6 Å². The number of aromatic nitrogens is 2. The minimum absolute atomic E-state index is 0.00818. The van der Waals surface area contributed by atoms with Crippen LogP contribution in [0.3, 0.4) is 0 Å². The first-order valence-electron chi connectivity index (χ1n) is 15.9. The molecule has 226 valence electrons. The number of para-hydroxylation sites is 2. The summed E-state index contributed by atoms with van der Waals surface area (Å²) in [5, 5.41) is 13.3. The lowest BCUT2D eigenvalue weighted by Gasteiger charge is -2.54. The fraction of sp³-hybridized carbons (Fsp3) is 0.656. The zero-order chi connectivity index (χ0) is 29.2. The Morgan fingerprint density at radius 2 is 1.60 bits per heavy atom. The second-order valence-electron chi connectivity index (χ2n) is 13.0. The second kappa shape index (κ2) is 12.5. The van der Waals surface area contributed by atoms with Gasteiger partial charge in [-0.2, -0.15) is 0 Å². The molecule has 2 aliphatic heterocycles. The molecule has 10 heteroatoms. The number of amides is 1. The summed E-state index contributed by atoms with van der Waals surface area (Å²) in [7, 11) is 0. The third kappa shape index (κ3) is 6.09. The molecular formula is C32H43N5O5. The van der Waals surface area contributed by atoms with Gasteiger partial charge in [0.1, 0.15) is 5.71 Å². The number of oxime groups is 1. The number of hydrogen-bond acceptors (Lipinski definition) is 7. The number of primary amides is 1. The summed E-state index contributed by atoms with van der Waals surface area (Å²) < 4.78 is 1.89. The fourth-order valence-corrected chi connectivity index (χ4v) is 8.62. The van der Waals surface area contributed by atoms with Crippen LogP contribution in [-0.2, 0) is 14.4 Å². The van der Waals surface area contributed by atoms with Crippen LogP contribution in [0.2, 0.25) is 0 Å². The molecular weight excluding hydrogens is 534 g/mol. The van der Waals surface area contributed by atoms with E-state index in [-0.39, 0.29) is 35.8 Å². The van der Waals surface area contributed by atoms with E-state index < -0.39 is 18.5 Å². The van der Waals surface area contributed by atoms with Crippen LogP contribution in [0.1, 0.15) is 102 Å². The van der Waals surface area contributed by atoms with Crippen molar-refractivity contribution in [3.05, 3.63) is 40.3 Å². The number of carbonyl (C=O) groups excluding carboxylic acids is 1. The highest BCUT2D eigenvalue weighted by Gasteiger charge is 2.45. The predicted molar refractivity (Wildman–Crippen MR) is 159 cm³/mol. The third-order valence-electron chi connectivity index (χ3n) is 10.2. The minimum Gasteiger partial charge on any atom is -0.481 e. The van der Waals surface area contributed by atoms with E-state index in [1.165, 1.54) is 51.4 Å². The van der Waals surface area contributed by atoms with Gasteiger partial charge in [0.2, 0.25) is 0 Å². The van der Waals surface area contributed by atoms with Gasteiger partial charge >= 0.3 is 5.97 Å². The Morgan fingerprint density at radius 1 is 0.905 bits per heavy atom. The number of fused-ring (bicyclic) bond motifs is 5. The van der Waals surface area contributed by atoms with Gasteiger partial charge in [0.15, 0.2) is 12.3 Å². The van der Waals surface area contributed by atoms with Gasteiger partial charge < -0.3 is 20.2 Å². The molecule has 10 nitrogen and oxygen atoms in total. The van der Waals surface area contributed by atoms with E-state index in [2.05, 4.69) is 15.0 Å². The number of rotatable bonds is 9. The summed E-state index contributed by atoms with van der Waals surface area (Å²) in [4.78, 5) is 49.5. The van der Waals surface area contributed by atoms with Crippen molar-refractivity contribution in [2.45, 2.75) is 114 Å². The molecule has 0 spiro atoms. The van der Waals surface area contributed by atoms with Crippen LogP contribution in [0.5, 0.6) is 0 Å². The first-order valence-corrected chi connectivity index (χ1v) is 15.9. The normalized spacial score (nSPS) is 30.0. The predicted octanol–water partition coefficient (Wildman–Crippen LogP) is 4.38. The number of nitrogens with zero attached hydrogens (tertiary/aromatic N) is 4. The zero-order valence-corrected chi connectivity index (χ0v) is 24.3. The van der Waals surface area contributed by atoms with E-state index in [0.29, 0.717) is 23.6 Å². The van der Waals surface area contributed by atoms with Gasteiger partial charge in [-0.05, 0) is 68.9 Å². The Hall–Kier alpha value is -3.27. The largest absolute Gasteiger partial charge is 0.481 e. The van der Waals surface area contributed by atoms with E-state index in [9.17, 15) is 19.5 Å². The van der Waals surface area contributed by atoms with Gasteiger partial charge in [-0.15, -0.1) is 0 Å². The van der Waals surface area contributed by atoms with Gasteiger partial charge in [-0.25, -0.2) is 4.98 Å². The number of hydrogen-bond donors (Lipinski definition) is 2. The average Bonchev–Trinajstić information content (AvgIpc) is 3.12. The molecule has 42 heavy (non-hydrogen) atoms. The smallest absolute Gasteiger partial charge is 0.303 e. The average molecular weight is 578 g/mol. The maximum atomic E-state index is 14.3. The Bertz CT molecular complexity index is 1380. The highest BCUT2D eigenvalue weighted by atomic mass is 16.6. The van der Waals surface area contributed by atoms with Crippen molar-refractivity contribution in [1.29, 1.82) is 0 Å². The minimum atomic E-state index is -1.03. The fourth-order valence-electron chi connectivity index (χ4n) is 8.62. The monoisotopic (exact) mass is 577 g/mol. The molecule has 1 aromatic heterocycles. The van der Waals surface area contributed by atoms with E-state index in [0.717, 1.165) is 43.0 Å². The number of benzene rings is 1. The number of carboxylic acids is 1. The van der Waals surface area contributed by atoms with Gasteiger partial charge in [0.25, 0.3) is 11.5 Å². The topological polar surface area (TPSA) is 140 Å². The number of nitrogens with two attached hydrogens (primary N) is 1. The van der Waals surface area contributed by atoms with E-state index in [1.807, 2.05) is 28.8 Å². The number of piperidine rings is 2. The van der Waals surface area contributed by atoms with Crippen LogP contribution in [0.25, 0.3) is 11.0 Å². The number of carboxylic acid groups (broad SMARTS) is 1. The van der Waals surface area contributed by atoms with Crippen LogP contribution in [0.15, 0.2) is 34.2 Å². The number of aliphatic carboxylic acids is 1. The molecule has 3 N–H and O–H groups in total. The van der Waals surface area contributed by atoms with Gasteiger partial charge in [0, 0.05) is 30.6 Å². The maximum absolute atomic E-state index is 14.3. The summed E-state index contributed by atoms with van der Waals surface area (Å²) in [6.07, 6.45) is 14.7. The van der Waals surface area contributed by atoms with E-state index in [1.54, 1.807) is 0 Å². The highest BCUT2D eigenvalue weighted by Crippen LogP contribution is 2.47. The Morgan fingerprint density at radius 3 is 2.26 bits per heavy atom. The molecule has 2 aliphatic carbocycles. The van der Waals surface area contributed by atoms with Crippen LogP contribution in [0.4, 0.5) is 0 Å². The summed E-state index contributed by atoms with van der Waals surface area (Å²) in [6, 6.07) is 9.19. The van der Waals surface area contributed by atoms with Crippen molar-refractivity contribution in [1.82, 2.24) is 14.5 Å². The molecule has 4 unspecified atom stereocenters. The van der Waals surface area contributed by atoms with Gasteiger partial charge in [-0.3, -0.25) is 19.3 Å². The Balaban J connectivity index is 1.34. The van der Waals surface area contributed by atoms with Crippen molar-refractivity contribution in [3.63, 3.8) is 0 Å². The summed E-state index contributed by atoms with van der Waals surface area (Å²) >= 11 is 0. The molecule has 2 aromatic rings. The van der Waals surface area contributed by atoms with Crippen LogP contribution in [-0.4, -0.2) is 61.9 Å². The van der Waals surface area contributed by atoms with Crippen molar-refractivity contribution in [2.24, 2.45) is 22.7 Å². The lowest BCUT2D eigenvalue weighted by atomic mass is 9.73. The molecule has 3 heterocycles. The molecule has 4 aliphatic rings. The van der Waals surface area contributed by atoms with E-state index >= 15 is 0 Å². The molecule has 5 atom stereocenters. The summed E-state index contributed by atoms with van der Waals surface area (Å²) in [5.74, 6) is -0.00849. The van der Waals surface area contributed by atoms with Gasteiger partial charge in [-0.1, -0.05) is 49.4 Å². The van der Waals surface area contributed by atoms with Crippen LogP contribution in [0, 0.1) is 11.8 Å². The molecule has 6 rings (SSSR count). The van der Waals surface area contributed by atoms with Crippen molar-refractivity contribution in [3.8, 4) is 0 Å². The lowest BCUT2D eigenvalue weighted by molar-refractivity contribution is -0.136. The van der Waals surface area contributed by atoms with Crippen LogP contribution < -0.4 is 11.3 Å². The molecule has 2 saturated carbocycles. The van der Waals surface area contributed by atoms with Gasteiger partial charge in [0.05, 0.1) is 17.5 Å². The van der Waals surface area contributed by atoms with E-state index in [4.69, 9.17) is 10.6 Å². The second-order valence-corrected chi connectivity index (χ2v) is 13.0. The van der Waals surface area contributed by atoms with Crippen molar-refractivity contribution in [2.75, 3.05) is 6.61 Å². The lowest BCUT2D eigenvalue weighted by Crippen LogP contribution is -2.58. The quantitative estimate of drug-likeness (QED) is 0.333. The summed E-state index contributed by atoms with van der Waals surface area (Å²) in [6.45, 7) is -0.469. The number of carbonyl (C=O) groups is 2. The van der Waals surface area contributed by atoms with Crippen molar-refractivity contribution < 1.29 is 19.5 Å². The third-order valence-corrected chi connectivity index (χ3v) is 10.2. The molecule has 4 bridgehead atoms. The SMILES string of the molecule is NC(=O)CO/N=C(/CCC(=O)O)c1nc2ccccc2n(C2CC3CCC[C@H](C2)N3C2CC3CCCCC(C3)C2)c1=O. The molecule has 0 radical (unpaired) electrons. The standard InChI is InChI=1S/C32H43N5O5/c33-29(38)19-42-35-27(12-13-30(39)40)31-32(41)37(28-11-4-3-10-26(28)34-31)25-17-22-8-5-9-23(18-25)36(22)24-15-20-6-1-2-7-21(14-20)16-24/h3-4,10-11,20-25H,1-2,5-9,12-19H2,(H2,33,38)(H,39,40)/b35-27-/t20?,21?,22-,23?,24?,25?/m1/s1. The molecule has 1 aromatic carbocycles. The first-order chi connectivity index (χ1) is 20.4. The molecule has 2 saturated heterocycles. The Kier molecular flexibility index (Phi) is 8.60. The zero-order valence-electron chi connectivity index (χ0n) is 24.3. The Labute approximate surface area is 246 Å². The summed E-state index contributed by atoms with van der Waals surface area (Å²) in [5.41, 5.74) is 6.52.